The van der Waals surface area contributed by atoms with Gasteiger partial charge in [0.2, 0.25) is 0 Å². The predicted octanol–water partition coefficient (Wildman–Crippen LogP) is 27.3. The topological polar surface area (TPSA) is 237 Å². The summed E-state index contributed by atoms with van der Waals surface area (Å²) in [6, 6.07) is 0. The van der Waals surface area contributed by atoms with Gasteiger partial charge in [0.1, 0.15) is 19.3 Å². The van der Waals surface area contributed by atoms with Crippen molar-refractivity contribution < 1.29 is 80.2 Å². The van der Waals surface area contributed by atoms with E-state index in [1.165, 1.54) is 308 Å². The molecule has 19 heteroatoms. The predicted molar refractivity (Wildman–Crippen MR) is 442 cm³/mol. The van der Waals surface area contributed by atoms with Crippen LogP contribution in [0.2, 0.25) is 0 Å². The molecule has 0 aliphatic rings. The normalized spacial score (nSPS) is 13.7. The zero-order valence-corrected chi connectivity index (χ0v) is 71.9. The largest absolute Gasteiger partial charge is 0.472 e. The fraction of sp³-hybridized carbons (Fsp3) is 0.955. The van der Waals surface area contributed by atoms with Crippen molar-refractivity contribution in [3.05, 3.63) is 0 Å². The number of carbonyl (C=O) groups is 4. The van der Waals surface area contributed by atoms with Gasteiger partial charge in [-0.15, -0.1) is 0 Å². The first-order chi connectivity index (χ1) is 52.2. The molecule has 0 aromatic rings. The Morgan fingerprint density at radius 2 is 0.374 bits per heavy atom. The molecule has 0 aliphatic carbocycles. The van der Waals surface area contributed by atoms with Gasteiger partial charge in [0.25, 0.3) is 0 Å². The molecule has 5 atom stereocenters. The van der Waals surface area contributed by atoms with Crippen molar-refractivity contribution in [3.8, 4) is 0 Å². The van der Waals surface area contributed by atoms with E-state index in [-0.39, 0.29) is 25.7 Å². The first kappa shape index (κ1) is 105. The van der Waals surface area contributed by atoms with Crippen molar-refractivity contribution in [1.29, 1.82) is 0 Å². The Hall–Kier alpha value is -1.94. The second kappa shape index (κ2) is 82.1. The quantitative estimate of drug-likeness (QED) is 0.0222. The van der Waals surface area contributed by atoms with E-state index in [2.05, 4.69) is 27.7 Å². The number of phosphoric acid groups is 2. The van der Waals surface area contributed by atoms with E-state index in [0.717, 1.165) is 96.3 Å². The fourth-order valence-corrected chi connectivity index (χ4v) is 15.5. The fourth-order valence-electron chi connectivity index (χ4n) is 13.9. The molecule has 0 amide bonds. The molecule has 0 saturated heterocycles. The number of hydrogen-bond acceptors (Lipinski definition) is 15. The average molecular weight is 1560 g/mol. The lowest BCUT2D eigenvalue weighted by Crippen LogP contribution is -2.30. The van der Waals surface area contributed by atoms with E-state index >= 15 is 0 Å². The number of aliphatic hydroxyl groups excluding tert-OH is 1. The number of aliphatic hydroxyl groups is 1. The van der Waals surface area contributed by atoms with Crippen LogP contribution < -0.4 is 0 Å². The molecule has 107 heavy (non-hydrogen) atoms. The van der Waals surface area contributed by atoms with E-state index in [1.54, 1.807) is 0 Å². The summed E-state index contributed by atoms with van der Waals surface area (Å²) < 4.78 is 68.7. The maximum Gasteiger partial charge on any atom is 0.472 e. The zero-order valence-electron chi connectivity index (χ0n) is 70.1. The first-order valence-electron chi connectivity index (χ1n) is 45.8. The van der Waals surface area contributed by atoms with Gasteiger partial charge in [0, 0.05) is 25.7 Å². The summed E-state index contributed by atoms with van der Waals surface area (Å²) >= 11 is 0. The van der Waals surface area contributed by atoms with Crippen molar-refractivity contribution >= 4 is 39.5 Å². The van der Waals surface area contributed by atoms with Gasteiger partial charge in [-0.1, -0.05) is 432 Å². The van der Waals surface area contributed by atoms with Crippen LogP contribution in [0.4, 0.5) is 0 Å². The molecule has 3 N–H and O–H groups in total. The summed E-state index contributed by atoms with van der Waals surface area (Å²) in [5.41, 5.74) is 0. The molecule has 0 radical (unpaired) electrons. The maximum absolute atomic E-state index is 13.1. The van der Waals surface area contributed by atoms with E-state index in [4.69, 9.17) is 37.0 Å². The van der Waals surface area contributed by atoms with Crippen LogP contribution in [0.1, 0.15) is 484 Å². The lowest BCUT2D eigenvalue weighted by atomic mass is 10.0. The van der Waals surface area contributed by atoms with Crippen LogP contribution in [0.15, 0.2) is 0 Å². The van der Waals surface area contributed by atoms with Crippen LogP contribution in [0.5, 0.6) is 0 Å². The minimum atomic E-state index is -4.96. The number of phosphoric ester groups is 2. The standard InChI is InChI=1S/C88H172O17P2/c1-5-9-13-17-20-23-26-29-32-35-38-40-42-45-48-51-54-57-60-63-67-71-75-88(93)105-84(79-99-86(91)73-69-65-61-58-55-52-49-46-44-41-39-36-33-30-27-24-21-18-14-10-6-2)81-103-107(96,97)101-77-82(89)76-100-106(94,95)102-80-83(78-98-85(90)72-68-64-16-12-8-4)104-87(92)74-70-66-62-59-56-53-50-47-43-37-34-31-28-25-22-19-15-11-7-3/h82-84,89H,5-81H2,1-4H3,(H,94,95)(H,96,97)/t82-,83+,84+/m0/s1. The molecular weight excluding hydrogens is 1390 g/mol. The Bertz CT molecular complexity index is 2020. The van der Waals surface area contributed by atoms with E-state index < -0.39 is 97.5 Å². The van der Waals surface area contributed by atoms with Crippen LogP contribution in [-0.4, -0.2) is 96.7 Å². The molecule has 0 fully saturated rings. The van der Waals surface area contributed by atoms with Crippen LogP contribution in [-0.2, 0) is 65.4 Å². The number of ether oxygens (including phenoxy) is 4. The number of unbranched alkanes of at least 4 members (excludes halogenated alkanes) is 63. The van der Waals surface area contributed by atoms with E-state index in [0.29, 0.717) is 25.7 Å². The molecular formula is C88H172O17P2. The van der Waals surface area contributed by atoms with Crippen molar-refractivity contribution in [3.63, 3.8) is 0 Å². The summed E-state index contributed by atoms with van der Waals surface area (Å²) in [5, 5.41) is 10.6. The summed E-state index contributed by atoms with van der Waals surface area (Å²) in [6.45, 7) is 4.97. The Morgan fingerprint density at radius 1 is 0.224 bits per heavy atom. The Balaban J connectivity index is 5.08. The SMILES string of the molecule is CCCCCCCCCCCCCCCCCCCCCCCCC(=O)O[C@H](COC(=O)CCCCCCCCCCCCCCCCCCCCCCC)COP(=O)(O)OC[C@@H](O)COP(=O)(O)OC[C@@H](COC(=O)CCCCCCC)OC(=O)CCCCCCCCCCCCCCCCCCCCC. The minimum absolute atomic E-state index is 0.108. The van der Waals surface area contributed by atoms with Crippen molar-refractivity contribution in [2.45, 2.75) is 502 Å². The molecule has 0 aromatic carbocycles. The van der Waals surface area contributed by atoms with Crippen LogP contribution in [0.25, 0.3) is 0 Å². The number of hydrogen-bond donors (Lipinski definition) is 3. The third kappa shape index (κ3) is 81.9. The summed E-state index contributed by atoms with van der Waals surface area (Å²) in [6.07, 6.45) is 78.5. The Morgan fingerprint density at radius 3 is 0.551 bits per heavy atom. The molecule has 0 spiro atoms. The molecule has 0 aliphatic heterocycles. The van der Waals surface area contributed by atoms with Gasteiger partial charge in [-0.25, -0.2) is 9.13 Å². The lowest BCUT2D eigenvalue weighted by molar-refractivity contribution is -0.161. The number of esters is 4. The average Bonchev–Trinajstić information content (AvgIpc) is 0.901. The summed E-state index contributed by atoms with van der Waals surface area (Å²) in [5.74, 6) is -2.11. The highest BCUT2D eigenvalue weighted by Crippen LogP contribution is 2.45. The monoisotopic (exact) mass is 1560 g/mol. The van der Waals surface area contributed by atoms with Gasteiger partial charge >= 0.3 is 39.5 Å². The second-order valence-electron chi connectivity index (χ2n) is 31.6. The molecule has 2 unspecified atom stereocenters. The summed E-state index contributed by atoms with van der Waals surface area (Å²) in [4.78, 5) is 73.0. The van der Waals surface area contributed by atoms with Crippen molar-refractivity contribution in [2.75, 3.05) is 39.6 Å². The number of rotatable bonds is 89. The van der Waals surface area contributed by atoms with Crippen LogP contribution >= 0.6 is 15.6 Å². The molecule has 636 valence electrons. The van der Waals surface area contributed by atoms with E-state index in [1.807, 2.05) is 0 Å². The van der Waals surface area contributed by atoms with Gasteiger partial charge in [0.05, 0.1) is 26.4 Å². The smallest absolute Gasteiger partial charge is 0.462 e. The third-order valence-electron chi connectivity index (χ3n) is 20.9. The molecule has 0 saturated carbocycles. The Kier molecular flexibility index (Phi) is 80.6. The maximum atomic E-state index is 13.1. The van der Waals surface area contributed by atoms with Crippen LogP contribution in [0, 0.1) is 0 Å². The highest BCUT2D eigenvalue weighted by Gasteiger charge is 2.30. The van der Waals surface area contributed by atoms with Gasteiger partial charge in [0.15, 0.2) is 12.2 Å². The second-order valence-corrected chi connectivity index (χ2v) is 34.5. The van der Waals surface area contributed by atoms with Crippen LogP contribution in [0.3, 0.4) is 0 Å². The first-order valence-corrected chi connectivity index (χ1v) is 48.8. The molecule has 0 aromatic heterocycles. The van der Waals surface area contributed by atoms with Gasteiger partial charge in [-0.3, -0.25) is 37.3 Å². The highest BCUT2D eigenvalue weighted by atomic mass is 31.2. The molecule has 0 heterocycles. The van der Waals surface area contributed by atoms with E-state index in [9.17, 15) is 43.2 Å². The molecule has 0 rings (SSSR count). The molecule has 17 nitrogen and oxygen atoms in total. The Labute approximate surface area is 658 Å². The van der Waals surface area contributed by atoms with Gasteiger partial charge in [-0.2, -0.15) is 0 Å². The van der Waals surface area contributed by atoms with Crippen molar-refractivity contribution in [2.24, 2.45) is 0 Å². The third-order valence-corrected chi connectivity index (χ3v) is 22.8. The highest BCUT2D eigenvalue weighted by molar-refractivity contribution is 7.47. The molecule has 0 bridgehead atoms. The van der Waals surface area contributed by atoms with Gasteiger partial charge in [-0.05, 0) is 25.7 Å². The van der Waals surface area contributed by atoms with Crippen molar-refractivity contribution in [1.82, 2.24) is 0 Å². The lowest BCUT2D eigenvalue weighted by Gasteiger charge is -2.21. The van der Waals surface area contributed by atoms with Gasteiger partial charge < -0.3 is 33.8 Å². The minimum Gasteiger partial charge on any atom is -0.462 e. The zero-order chi connectivity index (χ0) is 78.1. The number of carbonyl (C=O) groups excluding carboxylic acids is 4. The summed E-state index contributed by atoms with van der Waals surface area (Å²) in [7, 11) is -9.92.